The summed E-state index contributed by atoms with van der Waals surface area (Å²) in [4.78, 5) is 0. The van der Waals surface area contributed by atoms with Gasteiger partial charge in [0.15, 0.2) is 11.6 Å². The van der Waals surface area contributed by atoms with Gasteiger partial charge in [-0.3, -0.25) is 0 Å². The molecule has 0 aliphatic heterocycles. The van der Waals surface area contributed by atoms with Crippen molar-refractivity contribution < 1.29 is 8.78 Å². The van der Waals surface area contributed by atoms with Crippen LogP contribution in [-0.4, -0.2) is 0 Å². The Morgan fingerprint density at radius 1 is 0.613 bits per heavy atom. The standard InChI is InChI=1S/C29H24F2/c1-2-3-4-5-21-6-8-22(9-7-21)10-11-23-12-14-24(15-13-23)25-16-17-26-19-28(30)29(31)20-27(26)18-25/h6-9,12-20H,2-5H2,1H3. The molecule has 0 amide bonds. The van der Waals surface area contributed by atoms with Gasteiger partial charge in [0.25, 0.3) is 0 Å². The number of benzene rings is 4. The molecule has 0 aliphatic carbocycles. The molecule has 0 unspecified atom stereocenters. The highest BCUT2D eigenvalue weighted by Gasteiger charge is 2.06. The van der Waals surface area contributed by atoms with Crippen LogP contribution in [0.15, 0.2) is 78.9 Å². The molecule has 0 heterocycles. The van der Waals surface area contributed by atoms with Gasteiger partial charge in [0.05, 0.1) is 0 Å². The second kappa shape index (κ2) is 9.58. The summed E-state index contributed by atoms with van der Waals surface area (Å²) in [6.45, 7) is 2.22. The number of hydrogen-bond donors (Lipinski definition) is 0. The Morgan fingerprint density at radius 2 is 1.19 bits per heavy atom. The van der Waals surface area contributed by atoms with E-state index < -0.39 is 11.6 Å². The summed E-state index contributed by atoms with van der Waals surface area (Å²) in [6.07, 6.45) is 4.87. The van der Waals surface area contributed by atoms with Gasteiger partial charge in [0.2, 0.25) is 0 Å². The van der Waals surface area contributed by atoms with E-state index in [0.717, 1.165) is 28.7 Å². The van der Waals surface area contributed by atoms with E-state index in [1.54, 1.807) is 0 Å². The van der Waals surface area contributed by atoms with Crippen LogP contribution in [0.2, 0.25) is 0 Å². The Hall–Kier alpha value is -3.44. The normalized spacial score (nSPS) is 10.7. The maximum atomic E-state index is 13.6. The molecule has 0 aliphatic rings. The van der Waals surface area contributed by atoms with Crippen molar-refractivity contribution in [2.75, 3.05) is 0 Å². The molecule has 4 aromatic carbocycles. The molecule has 0 saturated heterocycles. The fraction of sp³-hybridized carbons (Fsp3) is 0.172. The zero-order valence-corrected chi connectivity index (χ0v) is 17.6. The molecule has 0 fully saturated rings. The average molecular weight is 411 g/mol. The monoisotopic (exact) mass is 410 g/mol. The van der Waals surface area contributed by atoms with E-state index in [-0.39, 0.29) is 0 Å². The quantitative estimate of drug-likeness (QED) is 0.232. The van der Waals surface area contributed by atoms with Crippen LogP contribution in [-0.2, 0) is 6.42 Å². The van der Waals surface area contributed by atoms with Crippen LogP contribution < -0.4 is 0 Å². The van der Waals surface area contributed by atoms with Crippen molar-refractivity contribution >= 4 is 10.8 Å². The van der Waals surface area contributed by atoms with Crippen LogP contribution in [0.1, 0.15) is 42.9 Å². The van der Waals surface area contributed by atoms with Gasteiger partial charge >= 0.3 is 0 Å². The van der Waals surface area contributed by atoms with Crippen molar-refractivity contribution in [1.82, 2.24) is 0 Å². The van der Waals surface area contributed by atoms with E-state index in [1.165, 1.54) is 37.0 Å². The first-order valence-electron chi connectivity index (χ1n) is 10.7. The van der Waals surface area contributed by atoms with Crippen LogP contribution in [0.3, 0.4) is 0 Å². The van der Waals surface area contributed by atoms with E-state index >= 15 is 0 Å². The second-order valence-corrected chi connectivity index (χ2v) is 7.81. The van der Waals surface area contributed by atoms with Crippen LogP contribution in [0, 0.1) is 23.5 Å². The largest absolute Gasteiger partial charge is 0.204 e. The zero-order chi connectivity index (χ0) is 21.6. The van der Waals surface area contributed by atoms with E-state index in [0.29, 0.717) is 10.8 Å². The fourth-order valence-electron chi connectivity index (χ4n) is 3.65. The van der Waals surface area contributed by atoms with Crippen LogP contribution in [0.25, 0.3) is 21.9 Å². The molecule has 0 N–H and O–H groups in total. The maximum absolute atomic E-state index is 13.6. The lowest BCUT2D eigenvalue weighted by atomic mass is 10.00. The molecule has 4 aromatic rings. The average Bonchev–Trinajstić information content (AvgIpc) is 2.79. The van der Waals surface area contributed by atoms with Crippen molar-refractivity contribution in [2.24, 2.45) is 0 Å². The third kappa shape index (κ3) is 5.19. The molecule has 0 saturated carbocycles. The first kappa shape index (κ1) is 20.8. The Labute approximate surface area is 182 Å². The lowest BCUT2D eigenvalue weighted by Crippen LogP contribution is -1.86. The molecule has 4 rings (SSSR count). The van der Waals surface area contributed by atoms with E-state index in [2.05, 4.69) is 43.0 Å². The Bertz CT molecular complexity index is 1240. The van der Waals surface area contributed by atoms with Gasteiger partial charge in [-0.05, 0) is 82.8 Å². The summed E-state index contributed by atoms with van der Waals surface area (Å²) in [6, 6.07) is 24.5. The molecule has 0 aromatic heterocycles. The highest BCUT2D eigenvalue weighted by molar-refractivity contribution is 5.87. The fourth-order valence-corrected chi connectivity index (χ4v) is 3.65. The van der Waals surface area contributed by atoms with Gasteiger partial charge in [-0.2, -0.15) is 0 Å². The summed E-state index contributed by atoms with van der Waals surface area (Å²) in [5, 5.41) is 1.36. The van der Waals surface area contributed by atoms with E-state index in [1.807, 2.05) is 42.5 Å². The lowest BCUT2D eigenvalue weighted by Gasteiger charge is -2.05. The molecule has 0 nitrogen and oxygen atoms in total. The number of rotatable bonds is 5. The third-order valence-electron chi connectivity index (χ3n) is 5.47. The number of fused-ring (bicyclic) bond motifs is 1. The molecule has 0 atom stereocenters. The molecule has 0 bridgehead atoms. The number of halogens is 2. The lowest BCUT2D eigenvalue weighted by molar-refractivity contribution is 0.511. The third-order valence-corrected chi connectivity index (χ3v) is 5.47. The van der Waals surface area contributed by atoms with Crippen molar-refractivity contribution in [1.29, 1.82) is 0 Å². The predicted octanol–water partition coefficient (Wildman–Crippen LogP) is 7.92. The number of hydrogen-bond acceptors (Lipinski definition) is 0. The van der Waals surface area contributed by atoms with Crippen LogP contribution in [0.4, 0.5) is 8.78 Å². The minimum absolute atomic E-state index is 0.679. The predicted molar refractivity (Wildman–Crippen MR) is 125 cm³/mol. The van der Waals surface area contributed by atoms with Gasteiger partial charge in [0, 0.05) is 11.1 Å². The molecule has 2 heteroatoms. The highest BCUT2D eigenvalue weighted by atomic mass is 19.2. The van der Waals surface area contributed by atoms with Gasteiger partial charge in [0.1, 0.15) is 0 Å². The number of unbranched alkanes of at least 4 members (excludes halogenated alkanes) is 2. The SMILES string of the molecule is CCCCCc1ccc(C#Cc2ccc(-c3ccc4cc(F)c(F)cc4c3)cc2)cc1. The molecule has 0 spiro atoms. The zero-order valence-electron chi connectivity index (χ0n) is 17.6. The molecule has 154 valence electrons. The van der Waals surface area contributed by atoms with Crippen LogP contribution >= 0.6 is 0 Å². The van der Waals surface area contributed by atoms with Gasteiger partial charge in [-0.25, -0.2) is 8.78 Å². The minimum atomic E-state index is -0.829. The van der Waals surface area contributed by atoms with Crippen LogP contribution in [0.5, 0.6) is 0 Å². The molecule has 31 heavy (non-hydrogen) atoms. The van der Waals surface area contributed by atoms with Crippen molar-refractivity contribution in [3.63, 3.8) is 0 Å². The first-order valence-corrected chi connectivity index (χ1v) is 10.7. The topological polar surface area (TPSA) is 0 Å². The van der Waals surface area contributed by atoms with Gasteiger partial charge < -0.3 is 0 Å². The number of aryl methyl sites for hydroxylation is 1. The summed E-state index contributed by atoms with van der Waals surface area (Å²) >= 11 is 0. The first-order chi connectivity index (χ1) is 15.1. The van der Waals surface area contributed by atoms with Crippen molar-refractivity contribution in [2.45, 2.75) is 32.6 Å². The summed E-state index contributed by atoms with van der Waals surface area (Å²) in [7, 11) is 0. The van der Waals surface area contributed by atoms with Crippen molar-refractivity contribution in [3.05, 3.63) is 107 Å². The highest BCUT2D eigenvalue weighted by Crippen LogP contribution is 2.26. The second-order valence-electron chi connectivity index (χ2n) is 7.81. The minimum Gasteiger partial charge on any atom is -0.204 e. The molecular formula is C29H24F2. The molecule has 0 radical (unpaired) electrons. The van der Waals surface area contributed by atoms with Gasteiger partial charge in [-0.1, -0.05) is 68.0 Å². The molecular weight excluding hydrogens is 386 g/mol. The summed E-state index contributed by atoms with van der Waals surface area (Å²) < 4.78 is 27.0. The summed E-state index contributed by atoms with van der Waals surface area (Å²) in [5.74, 6) is 4.78. The maximum Gasteiger partial charge on any atom is 0.159 e. The summed E-state index contributed by atoms with van der Waals surface area (Å²) in [5.41, 5.74) is 5.27. The van der Waals surface area contributed by atoms with Gasteiger partial charge in [-0.15, -0.1) is 0 Å². The van der Waals surface area contributed by atoms with E-state index in [4.69, 9.17) is 0 Å². The van der Waals surface area contributed by atoms with E-state index in [9.17, 15) is 8.78 Å². The Morgan fingerprint density at radius 3 is 1.84 bits per heavy atom. The Balaban J connectivity index is 1.48. The smallest absolute Gasteiger partial charge is 0.159 e. The van der Waals surface area contributed by atoms with Crippen molar-refractivity contribution in [3.8, 4) is 23.0 Å². The Kier molecular flexibility index (Phi) is 6.43.